The quantitative estimate of drug-likeness (QED) is 0.788. The van der Waals surface area contributed by atoms with Crippen molar-refractivity contribution in [3.05, 3.63) is 17.8 Å². The van der Waals surface area contributed by atoms with Gasteiger partial charge >= 0.3 is 0 Å². The van der Waals surface area contributed by atoms with Crippen molar-refractivity contribution in [2.24, 2.45) is 5.92 Å². The lowest BCUT2D eigenvalue weighted by atomic mass is 10.0. The van der Waals surface area contributed by atoms with Crippen LogP contribution in [0.1, 0.15) is 12.1 Å². The van der Waals surface area contributed by atoms with Gasteiger partial charge in [-0.2, -0.15) is 9.40 Å². The van der Waals surface area contributed by atoms with Gasteiger partial charge < -0.3 is 10.2 Å². The monoisotopic (exact) mass is 339 g/mol. The molecule has 0 radical (unpaired) electrons. The van der Waals surface area contributed by atoms with Crippen LogP contribution in [0, 0.1) is 12.8 Å². The van der Waals surface area contributed by atoms with E-state index in [1.165, 1.54) is 17.6 Å². The molecule has 1 amide bonds. The lowest BCUT2D eigenvalue weighted by Gasteiger charge is -2.27. The Morgan fingerprint density at radius 3 is 2.61 bits per heavy atom. The summed E-state index contributed by atoms with van der Waals surface area (Å²) < 4.78 is 25.8. The maximum absolute atomic E-state index is 12.2. The molecule has 0 aromatic carbocycles. The van der Waals surface area contributed by atoms with E-state index in [2.05, 4.69) is 15.5 Å². The summed E-state index contributed by atoms with van der Waals surface area (Å²) in [6, 6.07) is 2.97. The summed E-state index contributed by atoms with van der Waals surface area (Å²) in [5.41, 5.74) is 0.839. The third kappa shape index (κ3) is 2.90. The molecule has 2 aliphatic rings. The number of carbonyl (C=O) groups is 1. The minimum Gasteiger partial charge on any atom is -0.358 e. The van der Waals surface area contributed by atoms with Crippen molar-refractivity contribution in [3.8, 4) is 0 Å². The Hall–Kier alpha value is -1.74. The van der Waals surface area contributed by atoms with E-state index in [9.17, 15) is 13.2 Å². The molecule has 2 fully saturated rings. The second-order valence-electron chi connectivity index (χ2n) is 6.22. The number of aryl methyl sites for hydroxylation is 1. The average molecular weight is 339 g/mol. The lowest BCUT2D eigenvalue weighted by molar-refractivity contribution is -0.123. The minimum atomic E-state index is -3.46. The Morgan fingerprint density at radius 2 is 2.04 bits per heavy atom. The number of hydrogen-bond donors (Lipinski definition) is 1. The van der Waals surface area contributed by atoms with Crippen LogP contribution in [0.4, 0.5) is 5.82 Å². The highest BCUT2D eigenvalue weighted by atomic mass is 32.2. The number of carbonyl (C=O) groups excluding carboxylic acids is 1. The second-order valence-corrected chi connectivity index (χ2v) is 8.11. The predicted molar refractivity (Wildman–Crippen MR) is 85.4 cm³/mol. The molecule has 0 saturated carbocycles. The molecule has 1 N–H and O–H groups in total. The molecule has 3 heterocycles. The minimum absolute atomic E-state index is 0.120. The van der Waals surface area contributed by atoms with E-state index in [1.54, 1.807) is 0 Å². The zero-order valence-electron chi connectivity index (χ0n) is 13.4. The smallest absolute Gasteiger partial charge is 0.238 e. The summed E-state index contributed by atoms with van der Waals surface area (Å²) in [6.45, 7) is 3.08. The molecular weight excluding hydrogens is 318 g/mol. The molecule has 8 nitrogen and oxygen atoms in total. The van der Waals surface area contributed by atoms with Crippen LogP contribution in [0.25, 0.3) is 0 Å². The van der Waals surface area contributed by atoms with E-state index in [4.69, 9.17) is 0 Å². The van der Waals surface area contributed by atoms with Crippen molar-refractivity contribution in [2.75, 3.05) is 31.3 Å². The number of anilines is 1. The molecule has 0 spiro atoms. The molecule has 9 heteroatoms. The molecular formula is C14H21N5O3S. The van der Waals surface area contributed by atoms with Gasteiger partial charge in [-0.05, 0) is 31.4 Å². The number of hydrogen-bond acceptors (Lipinski definition) is 6. The standard InChI is InChI=1S/C14H21N5O3S/c1-9-4-5-13(17-16-9)18-7-10-6-11(14(20)15-2)19(12(10)8-18)23(3,21)22/h4-5,10-12H,6-8H2,1-3H3,(H,15,20)/t10-,11-,12+/m0/s1. The second kappa shape index (κ2) is 5.72. The van der Waals surface area contributed by atoms with Crippen molar-refractivity contribution in [1.82, 2.24) is 19.8 Å². The zero-order valence-corrected chi connectivity index (χ0v) is 14.2. The van der Waals surface area contributed by atoms with Crippen molar-refractivity contribution in [1.29, 1.82) is 0 Å². The number of likely N-dealkylation sites (N-methyl/N-ethyl adjacent to an activating group) is 1. The molecule has 126 valence electrons. The van der Waals surface area contributed by atoms with Gasteiger partial charge in [-0.25, -0.2) is 8.42 Å². The Kier molecular flexibility index (Phi) is 4.01. The highest BCUT2D eigenvalue weighted by Crippen LogP contribution is 2.38. The number of aromatic nitrogens is 2. The SMILES string of the molecule is CNC(=O)[C@@H]1C[C@H]2CN(c3ccc(C)nn3)C[C@H]2N1S(C)(=O)=O. The van der Waals surface area contributed by atoms with E-state index >= 15 is 0 Å². The highest BCUT2D eigenvalue weighted by molar-refractivity contribution is 7.88. The fraction of sp³-hybridized carbons (Fsp3) is 0.643. The first-order valence-corrected chi connectivity index (χ1v) is 9.41. The van der Waals surface area contributed by atoms with Gasteiger partial charge in [0.15, 0.2) is 5.82 Å². The van der Waals surface area contributed by atoms with Gasteiger partial charge in [-0.3, -0.25) is 4.79 Å². The van der Waals surface area contributed by atoms with Crippen LogP contribution in [0.3, 0.4) is 0 Å². The van der Waals surface area contributed by atoms with Crippen molar-refractivity contribution in [3.63, 3.8) is 0 Å². The largest absolute Gasteiger partial charge is 0.358 e. The zero-order chi connectivity index (χ0) is 16.8. The molecule has 2 saturated heterocycles. The molecule has 0 unspecified atom stereocenters. The van der Waals surface area contributed by atoms with Crippen molar-refractivity contribution in [2.45, 2.75) is 25.4 Å². The van der Waals surface area contributed by atoms with Gasteiger partial charge in [0.2, 0.25) is 15.9 Å². The average Bonchev–Trinajstić information content (AvgIpc) is 3.03. The Balaban J connectivity index is 1.85. The number of rotatable bonds is 3. The first kappa shape index (κ1) is 16.1. The van der Waals surface area contributed by atoms with E-state index in [0.717, 1.165) is 11.5 Å². The van der Waals surface area contributed by atoms with E-state index in [0.29, 0.717) is 19.5 Å². The number of sulfonamides is 1. The van der Waals surface area contributed by atoms with Gasteiger partial charge in [-0.1, -0.05) is 0 Å². The highest BCUT2D eigenvalue weighted by Gasteiger charge is 2.52. The summed E-state index contributed by atoms with van der Waals surface area (Å²) in [7, 11) is -1.93. The molecule has 1 aromatic heterocycles. The normalized spacial score (nSPS) is 28.0. The topological polar surface area (TPSA) is 95.5 Å². The number of fused-ring (bicyclic) bond motifs is 1. The Labute approximate surface area is 135 Å². The van der Waals surface area contributed by atoms with Crippen LogP contribution in [0.5, 0.6) is 0 Å². The molecule has 23 heavy (non-hydrogen) atoms. The van der Waals surface area contributed by atoms with Crippen LogP contribution in [0.2, 0.25) is 0 Å². The maximum atomic E-state index is 12.2. The first-order chi connectivity index (χ1) is 10.8. The number of nitrogens with one attached hydrogen (secondary N) is 1. The van der Waals surface area contributed by atoms with E-state index in [-0.39, 0.29) is 17.9 Å². The Morgan fingerprint density at radius 1 is 1.30 bits per heavy atom. The fourth-order valence-electron chi connectivity index (χ4n) is 3.61. The van der Waals surface area contributed by atoms with E-state index < -0.39 is 16.1 Å². The molecule has 3 rings (SSSR count). The fourth-order valence-corrected chi connectivity index (χ4v) is 4.98. The molecule has 3 atom stereocenters. The van der Waals surface area contributed by atoms with Gasteiger partial charge in [0.1, 0.15) is 6.04 Å². The maximum Gasteiger partial charge on any atom is 0.238 e. The van der Waals surface area contributed by atoms with Crippen LogP contribution in [0.15, 0.2) is 12.1 Å². The lowest BCUT2D eigenvalue weighted by Crippen LogP contribution is -2.49. The van der Waals surface area contributed by atoms with Crippen molar-refractivity contribution < 1.29 is 13.2 Å². The molecule has 2 aliphatic heterocycles. The van der Waals surface area contributed by atoms with Crippen LogP contribution < -0.4 is 10.2 Å². The van der Waals surface area contributed by atoms with Gasteiger partial charge in [0, 0.05) is 26.2 Å². The van der Waals surface area contributed by atoms with E-state index in [1.807, 2.05) is 24.0 Å². The number of amides is 1. The predicted octanol–water partition coefficient (Wildman–Crippen LogP) is -0.630. The third-order valence-electron chi connectivity index (χ3n) is 4.61. The van der Waals surface area contributed by atoms with Gasteiger partial charge in [-0.15, -0.1) is 5.10 Å². The molecule has 0 aliphatic carbocycles. The molecule has 1 aromatic rings. The summed E-state index contributed by atoms with van der Waals surface area (Å²) in [5, 5.41) is 10.8. The summed E-state index contributed by atoms with van der Waals surface area (Å²) in [6.07, 6.45) is 1.70. The van der Waals surface area contributed by atoms with Gasteiger partial charge in [0.25, 0.3) is 0 Å². The summed E-state index contributed by atoms with van der Waals surface area (Å²) in [4.78, 5) is 14.1. The molecule has 0 bridgehead atoms. The Bertz CT molecular complexity index is 706. The van der Waals surface area contributed by atoms with Crippen LogP contribution in [-0.4, -0.2) is 67.3 Å². The first-order valence-electron chi connectivity index (χ1n) is 7.56. The van der Waals surface area contributed by atoms with Crippen molar-refractivity contribution >= 4 is 21.7 Å². The third-order valence-corrected chi connectivity index (χ3v) is 5.90. The number of nitrogens with zero attached hydrogens (tertiary/aromatic N) is 4. The van der Waals surface area contributed by atoms with Crippen LogP contribution in [-0.2, 0) is 14.8 Å². The summed E-state index contributed by atoms with van der Waals surface area (Å²) >= 11 is 0. The van der Waals surface area contributed by atoms with Gasteiger partial charge in [0.05, 0.1) is 11.9 Å². The summed E-state index contributed by atoms with van der Waals surface area (Å²) in [5.74, 6) is 0.622. The van der Waals surface area contributed by atoms with Crippen LogP contribution >= 0.6 is 0 Å².